The number of carbonyl (C=O) groups excluding carboxylic acids is 2. The summed E-state index contributed by atoms with van der Waals surface area (Å²) < 4.78 is 11.4. The summed E-state index contributed by atoms with van der Waals surface area (Å²) in [6, 6.07) is 17.5. The van der Waals surface area contributed by atoms with E-state index >= 15 is 0 Å². The van der Waals surface area contributed by atoms with Crippen LogP contribution in [0.4, 0.5) is 0 Å². The van der Waals surface area contributed by atoms with E-state index in [9.17, 15) is 9.59 Å². The number of ether oxygens (including phenoxy) is 2. The molecule has 4 nitrogen and oxygen atoms in total. The molecule has 0 aromatic heterocycles. The number of esters is 1. The van der Waals surface area contributed by atoms with Crippen molar-refractivity contribution in [1.82, 2.24) is 0 Å². The molecule has 0 saturated heterocycles. The first-order valence-corrected chi connectivity index (χ1v) is 8.42. The topological polar surface area (TPSA) is 52.6 Å². The van der Waals surface area contributed by atoms with Crippen molar-refractivity contribution in [1.29, 1.82) is 0 Å². The lowest BCUT2D eigenvalue weighted by atomic mass is 9.85. The van der Waals surface area contributed by atoms with Crippen LogP contribution in [0.2, 0.25) is 0 Å². The Morgan fingerprint density at radius 1 is 0.800 bits per heavy atom. The van der Waals surface area contributed by atoms with E-state index in [0.717, 1.165) is 0 Å². The predicted octanol–water partition coefficient (Wildman–Crippen LogP) is 4.14. The fourth-order valence-electron chi connectivity index (χ4n) is 2.63. The number of Topliss-reactive ketones (excluding diaryl/α,β-unsaturated/α-hetero) is 1. The molecule has 0 aliphatic carbocycles. The average Bonchev–Trinajstić information content (AvgIpc) is 2.59. The molecule has 25 heavy (non-hydrogen) atoms. The summed E-state index contributed by atoms with van der Waals surface area (Å²) in [5.41, 5.74) is -0.975. The number of hydrogen-bond acceptors (Lipinski definition) is 4. The van der Waals surface area contributed by atoms with Gasteiger partial charge in [-0.25, -0.2) is 4.79 Å². The SMILES string of the molecule is CC(C)OC(=O)C(OC(C)C)(C(=O)c1ccccc1)c1ccccc1. The van der Waals surface area contributed by atoms with Gasteiger partial charge in [0.2, 0.25) is 5.78 Å². The van der Waals surface area contributed by atoms with Crippen LogP contribution in [0.25, 0.3) is 0 Å². The summed E-state index contributed by atoms with van der Waals surface area (Å²) in [6.45, 7) is 7.07. The summed E-state index contributed by atoms with van der Waals surface area (Å²) in [6.07, 6.45) is -0.720. The fraction of sp³-hybridized carbons (Fsp3) is 0.333. The van der Waals surface area contributed by atoms with Gasteiger partial charge in [0, 0.05) is 11.1 Å². The molecule has 1 unspecified atom stereocenters. The molecule has 132 valence electrons. The third kappa shape index (κ3) is 4.15. The Kier molecular flexibility index (Phi) is 6.10. The van der Waals surface area contributed by atoms with E-state index in [4.69, 9.17) is 9.47 Å². The van der Waals surface area contributed by atoms with E-state index in [1.165, 1.54) is 0 Å². The molecular formula is C21H24O4. The molecule has 2 aromatic carbocycles. The normalized spacial score (nSPS) is 13.5. The first kappa shape index (κ1) is 18.9. The molecule has 0 amide bonds. The third-order valence-corrected chi connectivity index (χ3v) is 3.58. The van der Waals surface area contributed by atoms with Crippen LogP contribution in [-0.2, 0) is 19.9 Å². The standard InChI is InChI=1S/C21H24O4/c1-15(2)24-20(23)21(25-16(3)4,18-13-9-6-10-14-18)19(22)17-11-7-5-8-12-17/h5-16H,1-4H3. The highest BCUT2D eigenvalue weighted by molar-refractivity contribution is 6.16. The van der Waals surface area contributed by atoms with Crippen molar-refractivity contribution in [2.75, 3.05) is 0 Å². The molecule has 0 aliphatic rings. The van der Waals surface area contributed by atoms with E-state index in [1.807, 2.05) is 12.1 Å². The Hall–Kier alpha value is -2.46. The van der Waals surface area contributed by atoms with Crippen molar-refractivity contribution < 1.29 is 19.1 Å². The van der Waals surface area contributed by atoms with Gasteiger partial charge in [-0.15, -0.1) is 0 Å². The number of benzene rings is 2. The fourth-order valence-corrected chi connectivity index (χ4v) is 2.63. The molecule has 1 atom stereocenters. The van der Waals surface area contributed by atoms with E-state index in [1.54, 1.807) is 76.2 Å². The lowest BCUT2D eigenvalue weighted by Crippen LogP contribution is -2.49. The Balaban J connectivity index is 2.66. The van der Waals surface area contributed by atoms with Gasteiger partial charge >= 0.3 is 5.97 Å². The molecule has 0 fully saturated rings. The second kappa shape index (κ2) is 8.08. The van der Waals surface area contributed by atoms with Gasteiger partial charge < -0.3 is 9.47 Å². The van der Waals surface area contributed by atoms with Crippen LogP contribution in [0.3, 0.4) is 0 Å². The molecule has 0 N–H and O–H groups in total. The summed E-state index contributed by atoms with van der Waals surface area (Å²) in [5.74, 6) is -1.13. The first-order valence-electron chi connectivity index (χ1n) is 8.42. The molecule has 2 rings (SSSR count). The van der Waals surface area contributed by atoms with Gasteiger partial charge in [0.15, 0.2) is 0 Å². The van der Waals surface area contributed by atoms with Crippen LogP contribution in [-0.4, -0.2) is 24.0 Å². The molecule has 0 spiro atoms. The van der Waals surface area contributed by atoms with E-state index in [0.29, 0.717) is 11.1 Å². The van der Waals surface area contributed by atoms with Crippen LogP contribution in [0, 0.1) is 0 Å². The summed E-state index contributed by atoms with van der Waals surface area (Å²) >= 11 is 0. The number of ketones is 1. The molecule has 2 aromatic rings. The Morgan fingerprint density at radius 3 is 1.80 bits per heavy atom. The first-order chi connectivity index (χ1) is 11.9. The summed E-state index contributed by atoms with van der Waals surface area (Å²) in [5, 5.41) is 0. The van der Waals surface area contributed by atoms with Crippen molar-refractivity contribution in [3.05, 3.63) is 71.8 Å². The molecule has 0 saturated carbocycles. The Labute approximate surface area is 148 Å². The number of hydrogen-bond donors (Lipinski definition) is 0. The van der Waals surface area contributed by atoms with Crippen LogP contribution in [0.1, 0.15) is 43.6 Å². The second-order valence-electron chi connectivity index (χ2n) is 6.36. The maximum atomic E-state index is 13.4. The van der Waals surface area contributed by atoms with Crippen LogP contribution in [0.15, 0.2) is 60.7 Å². The zero-order valence-corrected chi connectivity index (χ0v) is 15.1. The zero-order chi connectivity index (χ0) is 18.4. The van der Waals surface area contributed by atoms with Crippen molar-refractivity contribution in [2.45, 2.75) is 45.5 Å². The number of carbonyl (C=O) groups is 2. The minimum absolute atomic E-state index is 0.354. The quantitative estimate of drug-likeness (QED) is 0.432. The molecule has 0 radical (unpaired) electrons. The summed E-state index contributed by atoms with van der Waals surface area (Å²) in [4.78, 5) is 26.5. The van der Waals surface area contributed by atoms with E-state index < -0.39 is 17.4 Å². The molecular weight excluding hydrogens is 316 g/mol. The Bertz CT molecular complexity index is 707. The van der Waals surface area contributed by atoms with Crippen molar-refractivity contribution in [3.63, 3.8) is 0 Å². The van der Waals surface area contributed by atoms with Gasteiger partial charge in [0.25, 0.3) is 5.60 Å². The average molecular weight is 340 g/mol. The smallest absolute Gasteiger partial charge is 0.351 e. The van der Waals surface area contributed by atoms with Gasteiger partial charge in [-0.1, -0.05) is 60.7 Å². The predicted molar refractivity (Wildman–Crippen MR) is 96.3 cm³/mol. The van der Waals surface area contributed by atoms with Crippen molar-refractivity contribution >= 4 is 11.8 Å². The van der Waals surface area contributed by atoms with Gasteiger partial charge in [-0.2, -0.15) is 0 Å². The highest BCUT2D eigenvalue weighted by Gasteiger charge is 2.51. The van der Waals surface area contributed by atoms with Gasteiger partial charge in [0.05, 0.1) is 12.2 Å². The van der Waals surface area contributed by atoms with Crippen LogP contribution in [0.5, 0.6) is 0 Å². The highest BCUT2D eigenvalue weighted by atomic mass is 16.6. The molecule has 4 heteroatoms. The van der Waals surface area contributed by atoms with Gasteiger partial charge in [0.1, 0.15) is 0 Å². The lowest BCUT2D eigenvalue weighted by molar-refractivity contribution is -0.175. The van der Waals surface area contributed by atoms with Crippen LogP contribution < -0.4 is 0 Å². The van der Waals surface area contributed by atoms with E-state index in [2.05, 4.69) is 0 Å². The minimum Gasteiger partial charge on any atom is -0.460 e. The largest absolute Gasteiger partial charge is 0.460 e. The van der Waals surface area contributed by atoms with Gasteiger partial charge in [-0.05, 0) is 27.7 Å². The van der Waals surface area contributed by atoms with Crippen molar-refractivity contribution in [3.8, 4) is 0 Å². The molecule has 0 aliphatic heterocycles. The van der Waals surface area contributed by atoms with E-state index in [-0.39, 0.29) is 12.2 Å². The minimum atomic E-state index is -1.83. The third-order valence-electron chi connectivity index (χ3n) is 3.58. The maximum absolute atomic E-state index is 13.4. The van der Waals surface area contributed by atoms with Crippen LogP contribution >= 0.6 is 0 Å². The maximum Gasteiger partial charge on any atom is 0.351 e. The summed E-state index contributed by atoms with van der Waals surface area (Å²) in [7, 11) is 0. The molecule has 0 heterocycles. The monoisotopic (exact) mass is 340 g/mol. The zero-order valence-electron chi connectivity index (χ0n) is 15.1. The Morgan fingerprint density at radius 2 is 1.32 bits per heavy atom. The second-order valence-corrected chi connectivity index (χ2v) is 6.36. The number of rotatable bonds is 7. The highest BCUT2D eigenvalue weighted by Crippen LogP contribution is 2.33. The lowest BCUT2D eigenvalue weighted by Gasteiger charge is -2.33. The van der Waals surface area contributed by atoms with Gasteiger partial charge in [-0.3, -0.25) is 4.79 Å². The molecule has 0 bridgehead atoms. The van der Waals surface area contributed by atoms with Crippen molar-refractivity contribution in [2.24, 2.45) is 0 Å².